The zero-order valence-corrected chi connectivity index (χ0v) is 18.1. The number of carbonyl (C=O) groups is 1. The number of hydrogen-bond donors (Lipinski definition) is 1. The second kappa shape index (κ2) is 9.29. The van der Waals surface area contributed by atoms with E-state index < -0.39 is 0 Å². The summed E-state index contributed by atoms with van der Waals surface area (Å²) in [6, 6.07) is 16.4. The highest BCUT2D eigenvalue weighted by atomic mass is 35.5. The molecule has 150 valence electrons. The van der Waals surface area contributed by atoms with E-state index >= 15 is 0 Å². The summed E-state index contributed by atoms with van der Waals surface area (Å²) in [4.78, 5) is 24.7. The third-order valence-corrected chi connectivity index (χ3v) is 5.83. The van der Waals surface area contributed by atoms with Crippen molar-refractivity contribution in [3.8, 4) is 5.69 Å². The zero-order chi connectivity index (χ0) is 21.0. The predicted octanol–water partition coefficient (Wildman–Crippen LogP) is 4.30. The Bertz CT molecular complexity index is 1100. The molecule has 0 radical (unpaired) electrons. The van der Waals surface area contributed by atoms with Crippen LogP contribution in [0.1, 0.15) is 23.6 Å². The van der Waals surface area contributed by atoms with Gasteiger partial charge in [-0.3, -0.25) is 9.59 Å². The summed E-state index contributed by atoms with van der Waals surface area (Å²) in [5.41, 5.74) is 3.46. The normalized spacial score (nSPS) is 11.9. The highest BCUT2D eigenvalue weighted by molar-refractivity contribution is 8.00. The highest BCUT2D eigenvalue weighted by Gasteiger charge is 2.16. The second-order valence-electron chi connectivity index (χ2n) is 6.82. The summed E-state index contributed by atoms with van der Waals surface area (Å²) < 4.78 is 1.30. The fourth-order valence-corrected chi connectivity index (χ4v) is 3.75. The highest BCUT2D eigenvalue weighted by Crippen LogP contribution is 2.22. The van der Waals surface area contributed by atoms with E-state index in [2.05, 4.69) is 10.4 Å². The van der Waals surface area contributed by atoms with E-state index in [4.69, 9.17) is 11.6 Å². The Morgan fingerprint density at radius 2 is 1.97 bits per heavy atom. The van der Waals surface area contributed by atoms with Crippen molar-refractivity contribution in [2.75, 3.05) is 0 Å². The van der Waals surface area contributed by atoms with Crippen molar-refractivity contribution in [3.63, 3.8) is 0 Å². The summed E-state index contributed by atoms with van der Waals surface area (Å²) in [7, 11) is 0. The third kappa shape index (κ3) is 5.49. The van der Waals surface area contributed by atoms with E-state index in [-0.39, 0.29) is 16.7 Å². The molecule has 1 aromatic heterocycles. The lowest BCUT2D eigenvalue weighted by Crippen LogP contribution is -2.30. The molecule has 0 aliphatic rings. The first-order chi connectivity index (χ1) is 13.8. The van der Waals surface area contributed by atoms with E-state index in [9.17, 15) is 9.59 Å². The minimum absolute atomic E-state index is 0.0885. The number of aryl methyl sites for hydroxylation is 2. The molecule has 0 bridgehead atoms. The van der Waals surface area contributed by atoms with Gasteiger partial charge in [-0.25, -0.2) is 0 Å². The van der Waals surface area contributed by atoms with Crippen LogP contribution in [0.3, 0.4) is 0 Å². The quantitative estimate of drug-likeness (QED) is 0.595. The number of halogens is 1. The molecule has 1 atom stereocenters. The van der Waals surface area contributed by atoms with Gasteiger partial charge in [0.15, 0.2) is 0 Å². The molecule has 0 saturated heterocycles. The first-order valence-electron chi connectivity index (χ1n) is 9.20. The fourth-order valence-electron chi connectivity index (χ4n) is 2.75. The van der Waals surface area contributed by atoms with Gasteiger partial charge < -0.3 is 5.32 Å². The Labute approximate surface area is 179 Å². The van der Waals surface area contributed by atoms with Gasteiger partial charge in [0.05, 0.1) is 10.9 Å². The molecule has 7 heteroatoms. The summed E-state index contributed by atoms with van der Waals surface area (Å²) >= 11 is 7.47. The molecule has 0 fully saturated rings. The Morgan fingerprint density at radius 3 is 2.69 bits per heavy atom. The van der Waals surface area contributed by atoms with Crippen molar-refractivity contribution in [1.29, 1.82) is 0 Å². The lowest BCUT2D eigenvalue weighted by Gasteiger charge is -2.13. The molecule has 5 nitrogen and oxygen atoms in total. The zero-order valence-electron chi connectivity index (χ0n) is 16.5. The fraction of sp³-hybridized carbons (Fsp3) is 0.227. The molecule has 1 N–H and O–H groups in total. The van der Waals surface area contributed by atoms with Gasteiger partial charge in [0.1, 0.15) is 5.03 Å². The lowest BCUT2D eigenvalue weighted by molar-refractivity contribution is -0.120. The summed E-state index contributed by atoms with van der Waals surface area (Å²) in [6.45, 7) is 6.20. The van der Waals surface area contributed by atoms with Gasteiger partial charge in [-0.1, -0.05) is 59.3 Å². The maximum Gasteiger partial charge on any atom is 0.271 e. The van der Waals surface area contributed by atoms with Crippen LogP contribution in [0.2, 0.25) is 5.02 Å². The van der Waals surface area contributed by atoms with Gasteiger partial charge in [-0.2, -0.15) is 9.78 Å². The van der Waals surface area contributed by atoms with Gasteiger partial charge in [-0.05, 0) is 50.1 Å². The Hall–Kier alpha value is -2.57. The molecule has 0 spiro atoms. The van der Waals surface area contributed by atoms with Crippen LogP contribution in [0, 0.1) is 13.8 Å². The van der Waals surface area contributed by atoms with Gasteiger partial charge >= 0.3 is 0 Å². The maximum atomic E-state index is 12.5. The summed E-state index contributed by atoms with van der Waals surface area (Å²) in [5, 5.41) is 8.13. The standard InChI is InChI=1S/C22H22ClN3O2S/c1-14-5-4-6-17(11-14)13-24-22(28)16(3)29-20-9-10-21(27)26(25-20)18-8-7-15(2)19(23)12-18/h4-12,16H,13H2,1-3H3,(H,24,28)/t16-/m1/s1. The van der Waals surface area contributed by atoms with Crippen LogP contribution in [0.4, 0.5) is 0 Å². The molecule has 29 heavy (non-hydrogen) atoms. The molecule has 1 amide bonds. The lowest BCUT2D eigenvalue weighted by atomic mass is 10.1. The largest absolute Gasteiger partial charge is 0.351 e. The molecule has 0 saturated carbocycles. The Kier molecular flexibility index (Phi) is 6.77. The van der Waals surface area contributed by atoms with Crippen molar-refractivity contribution in [3.05, 3.63) is 86.7 Å². The number of aromatic nitrogens is 2. The molecule has 3 rings (SSSR count). The average Bonchev–Trinajstić information content (AvgIpc) is 2.69. The van der Waals surface area contributed by atoms with Crippen molar-refractivity contribution < 1.29 is 4.79 Å². The van der Waals surface area contributed by atoms with Crippen LogP contribution in [0.15, 0.2) is 64.4 Å². The number of nitrogens with one attached hydrogen (secondary N) is 1. The summed E-state index contributed by atoms with van der Waals surface area (Å²) in [6.07, 6.45) is 0. The van der Waals surface area contributed by atoms with E-state index in [1.165, 1.54) is 22.5 Å². The monoisotopic (exact) mass is 427 g/mol. The van der Waals surface area contributed by atoms with Crippen molar-refractivity contribution in [2.45, 2.75) is 37.6 Å². The van der Waals surface area contributed by atoms with Crippen LogP contribution in [0.5, 0.6) is 0 Å². The van der Waals surface area contributed by atoms with Crippen molar-refractivity contribution in [2.24, 2.45) is 0 Å². The molecule has 3 aromatic rings. The number of thioether (sulfide) groups is 1. The molecular formula is C22H22ClN3O2S. The van der Waals surface area contributed by atoms with Gasteiger partial charge in [0.2, 0.25) is 5.91 Å². The van der Waals surface area contributed by atoms with Crippen LogP contribution >= 0.6 is 23.4 Å². The smallest absolute Gasteiger partial charge is 0.271 e. The van der Waals surface area contributed by atoms with E-state index in [1.807, 2.05) is 51.1 Å². The molecule has 2 aromatic carbocycles. The van der Waals surface area contributed by atoms with Crippen LogP contribution in [0.25, 0.3) is 5.69 Å². The Balaban J connectivity index is 1.70. The third-order valence-electron chi connectivity index (χ3n) is 4.39. The van der Waals surface area contributed by atoms with Crippen LogP contribution < -0.4 is 10.9 Å². The Morgan fingerprint density at radius 1 is 1.17 bits per heavy atom. The first-order valence-corrected chi connectivity index (χ1v) is 10.5. The second-order valence-corrected chi connectivity index (χ2v) is 8.59. The van der Waals surface area contributed by atoms with Crippen LogP contribution in [-0.2, 0) is 11.3 Å². The molecule has 1 heterocycles. The van der Waals surface area contributed by atoms with Crippen molar-refractivity contribution >= 4 is 29.3 Å². The van der Waals surface area contributed by atoms with Gasteiger partial charge in [0.25, 0.3) is 5.56 Å². The predicted molar refractivity (Wildman–Crippen MR) is 118 cm³/mol. The van der Waals surface area contributed by atoms with E-state index in [0.29, 0.717) is 22.3 Å². The molecular weight excluding hydrogens is 406 g/mol. The minimum atomic E-state index is -0.361. The van der Waals surface area contributed by atoms with E-state index in [1.54, 1.807) is 18.2 Å². The number of nitrogens with zero attached hydrogens (tertiary/aromatic N) is 2. The number of hydrogen-bond acceptors (Lipinski definition) is 4. The summed E-state index contributed by atoms with van der Waals surface area (Å²) in [5.74, 6) is -0.0885. The van der Waals surface area contributed by atoms with Crippen LogP contribution in [-0.4, -0.2) is 20.9 Å². The molecule has 0 aliphatic carbocycles. The van der Waals surface area contributed by atoms with Gasteiger partial charge in [0, 0.05) is 17.6 Å². The molecule has 0 aliphatic heterocycles. The topological polar surface area (TPSA) is 64.0 Å². The van der Waals surface area contributed by atoms with Gasteiger partial charge in [-0.15, -0.1) is 0 Å². The average molecular weight is 428 g/mol. The number of benzene rings is 2. The number of amides is 1. The SMILES string of the molecule is Cc1cccc(CNC(=O)[C@@H](C)Sc2ccc(=O)n(-c3ccc(C)c(Cl)c3)n2)c1. The number of carbonyl (C=O) groups excluding carboxylic acids is 1. The minimum Gasteiger partial charge on any atom is -0.351 e. The number of rotatable bonds is 6. The van der Waals surface area contributed by atoms with E-state index in [0.717, 1.165) is 16.7 Å². The maximum absolute atomic E-state index is 12.5. The first kappa shape index (κ1) is 21.1. The molecule has 0 unspecified atom stereocenters. The van der Waals surface area contributed by atoms with Crippen molar-refractivity contribution in [1.82, 2.24) is 15.1 Å².